The number of carbonyl (C=O) groups excluding carboxylic acids is 1. The van der Waals surface area contributed by atoms with E-state index in [0.29, 0.717) is 5.91 Å². The SMILES string of the molecule is O=C(C1CCNCC1)N(CC1CCCO1)CC1CCCO1. The van der Waals surface area contributed by atoms with Crippen LogP contribution in [0.15, 0.2) is 0 Å². The van der Waals surface area contributed by atoms with Crippen molar-refractivity contribution in [3.05, 3.63) is 0 Å². The smallest absolute Gasteiger partial charge is 0.225 e. The third-order valence-corrected chi connectivity index (χ3v) is 4.90. The highest BCUT2D eigenvalue weighted by Gasteiger charge is 2.31. The summed E-state index contributed by atoms with van der Waals surface area (Å²) < 4.78 is 11.5. The number of amides is 1. The van der Waals surface area contributed by atoms with E-state index in [4.69, 9.17) is 9.47 Å². The Morgan fingerprint density at radius 1 is 0.952 bits per heavy atom. The van der Waals surface area contributed by atoms with E-state index in [1.54, 1.807) is 0 Å². The first-order valence-corrected chi connectivity index (χ1v) is 8.55. The van der Waals surface area contributed by atoms with E-state index < -0.39 is 0 Å². The number of hydrogen-bond donors (Lipinski definition) is 1. The highest BCUT2D eigenvalue weighted by Crippen LogP contribution is 2.21. The second-order valence-electron chi connectivity index (χ2n) is 6.54. The molecule has 0 bridgehead atoms. The van der Waals surface area contributed by atoms with Gasteiger partial charge in [0.15, 0.2) is 0 Å². The minimum atomic E-state index is 0.189. The van der Waals surface area contributed by atoms with Gasteiger partial charge in [-0.15, -0.1) is 0 Å². The maximum absolute atomic E-state index is 12.9. The van der Waals surface area contributed by atoms with Gasteiger partial charge in [-0.1, -0.05) is 0 Å². The van der Waals surface area contributed by atoms with Crippen LogP contribution >= 0.6 is 0 Å². The molecule has 0 radical (unpaired) electrons. The van der Waals surface area contributed by atoms with Crippen molar-refractivity contribution in [1.29, 1.82) is 0 Å². The van der Waals surface area contributed by atoms with Gasteiger partial charge >= 0.3 is 0 Å². The minimum Gasteiger partial charge on any atom is -0.376 e. The molecule has 5 heteroatoms. The van der Waals surface area contributed by atoms with Gasteiger partial charge in [0.05, 0.1) is 12.2 Å². The number of carbonyl (C=O) groups is 1. The third-order valence-electron chi connectivity index (χ3n) is 4.90. The molecule has 1 amide bonds. The molecule has 0 saturated carbocycles. The quantitative estimate of drug-likeness (QED) is 0.827. The molecule has 3 rings (SSSR count). The van der Waals surface area contributed by atoms with Gasteiger partial charge in [-0.25, -0.2) is 0 Å². The zero-order valence-corrected chi connectivity index (χ0v) is 12.9. The van der Waals surface area contributed by atoms with Crippen LogP contribution in [-0.4, -0.2) is 62.4 Å². The molecule has 3 aliphatic heterocycles. The molecule has 0 aromatic rings. The van der Waals surface area contributed by atoms with Gasteiger partial charge in [0.2, 0.25) is 5.91 Å². The first-order chi connectivity index (χ1) is 10.3. The molecule has 21 heavy (non-hydrogen) atoms. The maximum Gasteiger partial charge on any atom is 0.225 e. The number of nitrogens with zero attached hydrogens (tertiary/aromatic N) is 1. The molecule has 3 fully saturated rings. The Balaban J connectivity index is 1.59. The van der Waals surface area contributed by atoms with Gasteiger partial charge in [-0.3, -0.25) is 4.79 Å². The van der Waals surface area contributed by atoms with Gasteiger partial charge in [0.1, 0.15) is 0 Å². The Hall–Kier alpha value is -0.650. The topological polar surface area (TPSA) is 50.8 Å². The fourth-order valence-electron chi connectivity index (χ4n) is 3.65. The summed E-state index contributed by atoms with van der Waals surface area (Å²) in [6.07, 6.45) is 6.82. The average Bonchev–Trinajstić information content (AvgIpc) is 3.20. The molecule has 0 aromatic heterocycles. The Bertz CT molecular complexity index is 314. The summed E-state index contributed by atoms with van der Waals surface area (Å²) in [6, 6.07) is 0. The molecule has 5 nitrogen and oxygen atoms in total. The van der Waals surface area contributed by atoms with Crippen LogP contribution in [0.5, 0.6) is 0 Å². The standard InChI is InChI=1S/C16H28N2O3/c19-16(13-5-7-17-8-6-13)18(11-14-3-1-9-20-14)12-15-4-2-10-21-15/h13-15,17H,1-12H2. The number of nitrogens with one attached hydrogen (secondary N) is 1. The second-order valence-corrected chi connectivity index (χ2v) is 6.54. The molecule has 3 saturated heterocycles. The van der Waals surface area contributed by atoms with Gasteiger partial charge in [0, 0.05) is 32.2 Å². The lowest BCUT2D eigenvalue weighted by molar-refractivity contribution is -0.139. The Labute approximate surface area is 127 Å². The van der Waals surface area contributed by atoms with Crippen molar-refractivity contribution in [1.82, 2.24) is 10.2 Å². The second kappa shape index (κ2) is 7.56. The zero-order chi connectivity index (χ0) is 14.5. The first-order valence-electron chi connectivity index (χ1n) is 8.55. The molecule has 0 spiro atoms. The van der Waals surface area contributed by atoms with Gasteiger partial charge in [0.25, 0.3) is 0 Å². The summed E-state index contributed by atoms with van der Waals surface area (Å²) in [5.41, 5.74) is 0. The molecular weight excluding hydrogens is 268 g/mol. The van der Waals surface area contributed by atoms with Gasteiger partial charge < -0.3 is 19.7 Å². The largest absolute Gasteiger partial charge is 0.376 e. The van der Waals surface area contributed by atoms with Crippen molar-refractivity contribution in [2.24, 2.45) is 5.92 Å². The number of rotatable bonds is 5. The predicted octanol–water partition coefficient (Wildman–Crippen LogP) is 1.17. The molecule has 0 aromatic carbocycles. The lowest BCUT2D eigenvalue weighted by Gasteiger charge is -2.32. The highest BCUT2D eigenvalue weighted by atomic mass is 16.5. The molecule has 120 valence electrons. The summed E-state index contributed by atoms with van der Waals surface area (Å²) >= 11 is 0. The summed E-state index contributed by atoms with van der Waals surface area (Å²) in [5, 5.41) is 3.33. The molecular formula is C16H28N2O3. The van der Waals surface area contributed by atoms with E-state index in [1.165, 1.54) is 0 Å². The number of ether oxygens (including phenoxy) is 2. The van der Waals surface area contributed by atoms with Crippen LogP contribution < -0.4 is 5.32 Å². The normalized spacial score (nSPS) is 30.7. The van der Waals surface area contributed by atoms with E-state index in [0.717, 1.165) is 77.9 Å². The van der Waals surface area contributed by atoms with E-state index in [1.807, 2.05) is 4.90 Å². The maximum atomic E-state index is 12.9. The van der Waals surface area contributed by atoms with Crippen molar-refractivity contribution < 1.29 is 14.3 Å². The van der Waals surface area contributed by atoms with Crippen molar-refractivity contribution in [3.63, 3.8) is 0 Å². The molecule has 3 aliphatic rings. The van der Waals surface area contributed by atoms with Crippen LogP contribution in [0, 0.1) is 5.92 Å². The number of hydrogen-bond acceptors (Lipinski definition) is 4. The Morgan fingerprint density at radius 2 is 1.52 bits per heavy atom. The van der Waals surface area contributed by atoms with Gasteiger partial charge in [-0.05, 0) is 51.6 Å². The van der Waals surface area contributed by atoms with Crippen LogP contribution in [0.4, 0.5) is 0 Å². The van der Waals surface area contributed by atoms with Gasteiger partial charge in [-0.2, -0.15) is 0 Å². The van der Waals surface area contributed by atoms with Crippen molar-refractivity contribution in [3.8, 4) is 0 Å². The van der Waals surface area contributed by atoms with E-state index in [-0.39, 0.29) is 18.1 Å². The Kier molecular flexibility index (Phi) is 5.49. The number of piperidine rings is 1. The fourth-order valence-corrected chi connectivity index (χ4v) is 3.65. The lowest BCUT2D eigenvalue weighted by atomic mass is 9.96. The highest BCUT2D eigenvalue weighted by molar-refractivity contribution is 5.79. The van der Waals surface area contributed by atoms with E-state index >= 15 is 0 Å². The van der Waals surface area contributed by atoms with Crippen molar-refractivity contribution >= 4 is 5.91 Å². The summed E-state index contributed by atoms with van der Waals surface area (Å²) in [6.45, 7) is 5.12. The zero-order valence-electron chi connectivity index (χ0n) is 12.9. The van der Waals surface area contributed by atoms with E-state index in [9.17, 15) is 4.79 Å². The summed E-state index contributed by atoms with van der Waals surface area (Å²) in [4.78, 5) is 14.9. The average molecular weight is 296 g/mol. The fraction of sp³-hybridized carbons (Fsp3) is 0.938. The van der Waals surface area contributed by atoms with Crippen LogP contribution in [0.3, 0.4) is 0 Å². The molecule has 2 unspecified atom stereocenters. The first kappa shape index (κ1) is 15.3. The molecule has 3 heterocycles. The molecule has 0 aliphatic carbocycles. The monoisotopic (exact) mass is 296 g/mol. The molecule has 1 N–H and O–H groups in total. The minimum absolute atomic E-state index is 0.189. The summed E-state index contributed by atoms with van der Waals surface area (Å²) in [5.74, 6) is 0.511. The lowest BCUT2D eigenvalue weighted by Crippen LogP contribution is -2.46. The van der Waals surface area contributed by atoms with E-state index in [2.05, 4.69) is 5.32 Å². The van der Waals surface area contributed by atoms with Crippen LogP contribution in [0.2, 0.25) is 0 Å². The van der Waals surface area contributed by atoms with Crippen LogP contribution in [0.25, 0.3) is 0 Å². The Morgan fingerprint density at radius 3 is 2.00 bits per heavy atom. The van der Waals surface area contributed by atoms with Crippen molar-refractivity contribution in [2.45, 2.75) is 50.7 Å². The predicted molar refractivity (Wildman–Crippen MR) is 80.1 cm³/mol. The molecule has 2 atom stereocenters. The summed E-state index contributed by atoms with van der Waals surface area (Å²) in [7, 11) is 0. The third kappa shape index (κ3) is 4.18. The van der Waals surface area contributed by atoms with Crippen LogP contribution in [-0.2, 0) is 14.3 Å². The van der Waals surface area contributed by atoms with Crippen LogP contribution in [0.1, 0.15) is 38.5 Å². The van der Waals surface area contributed by atoms with Crippen molar-refractivity contribution in [2.75, 3.05) is 39.4 Å².